The molecule has 80 valence electrons. The van der Waals surface area contributed by atoms with Crippen molar-refractivity contribution in [2.24, 2.45) is 0 Å². The van der Waals surface area contributed by atoms with Crippen LogP contribution in [0.15, 0.2) is 47.4 Å². The van der Waals surface area contributed by atoms with Gasteiger partial charge in [0.25, 0.3) is 0 Å². The van der Waals surface area contributed by atoms with Crippen molar-refractivity contribution in [3.8, 4) is 11.1 Å². The summed E-state index contributed by atoms with van der Waals surface area (Å²) in [6, 6.07) is 13.7. The lowest BCUT2D eigenvalue weighted by atomic mass is 10.1. The molecule has 16 heavy (non-hydrogen) atoms. The monoisotopic (exact) mass is 230 g/mol. The molecule has 0 spiro atoms. The van der Waals surface area contributed by atoms with Crippen molar-refractivity contribution in [2.45, 2.75) is 11.3 Å². The van der Waals surface area contributed by atoms with Gasteiger partial charge in [0.05, 0.1) is 4.90 Å². The molecule has 0 bridgehead atoms. The van der Waals surface area contributed by atoms with E-state index in [1.165, 1.54) is 16.7 Å². The summed E-state index contributed by atoms with van der Waals surface area (Å²) in [5.74, 6) is 0. The Morgan fingerprint density at radius 2 is 1.75 bits per heavy atom. The van der Waals surface area contributed by atoms with Gasteiger partial charge in [-0.15, -0.1) is 0 Å². The molecule has 1 aliphatic rings. The Morgan fingerprint density at radius 3 is 2.56 bits per heavy atom. The molecule has 2 aromatic rings. The van der Waals surface area contributed by atoms with E-state index in [-0.39, 0.29) is 0 Å². The van der Waals surface area contributed by atoms with E-state index in [1.807, 2.05) is 24.3 Å². The molecule has 1 unspecified atom stereocenters. The number of fused-ring (bicyclic) bond motifs is 3. The molecule has 0 heterocycles. The fraction of sp³-hybridized carbons (Fsp3) is 0.0769. The quantitative estimate of drug-likeness (QED) is 0.653. The highest BCUT2D eigenvalue weighted by molar-refractivity contribution is 7.79. The third-order valence-corrected chi connectivity index (χ3v) is 3.62. The fourth-order valence-corrected chi connectivity index (χ4v) is 2.66. The van der Waals surface area contributed by atoms with Crippen molar-refractivity contribution in [1.29, 1.82) is 0 Å². The van der Waals surface area contributed by atoms with Gasteiger partial charge in [-0.3, -0.25) is 0 Å². The zero-order valence-electron chi connectivity index (χ0n) is 8.51. The molecule has 1 aliphatic carbocycles. The van der Waals surface area contributed by atoms with Crippen LogP contribution in [0.25, 0.3) is 11.1 Å². The van der Waals surface area contributed by atoms with Crippen LogP contribution in [0.5, 0.6) is 0 Å². The second-order valence-electron chi connectivity index (χ2n) is 3.90. The van der Waals surface area contributed by atoms with Gasteiger partial charge < -0.3 is 4.55 Å². The van der Waals surface area contributed by atoms with Gasteiger partial charge in [-0.2, -0.15) is 0 Å². The van der Waals surface area contributed by atoms with Crippen LogP contribution in [-0.4, -0.2) is 8.76 Å². The first kappa shape index (κ1) is 9.75. The lowest BCUT2D eigenvalue weighted by Gasteiger charge is -2.01. The summed E-state index contributed by atoms with van der Waals surface area (Å²) in [5.41, 5.74) is 4.86. The van der Waals surface area contributed by atoms with E-state index in [0.717, 1.165) is 12.0 Å². The third-order valence-electron chi connectivity index (χ3n) is 2.97. The minimum atomic E-state index is -1.89. The molecule has 0 saturated heterocycles. The summed E-state index contributed by atoms with van der Waals surface area (Å²) in [7, 11) is 0. The highest BCUT2D eigenvalue weighted by atomic mass is 32.2. The normalized spacial score (nSPS) is 14.3. The van der Waals surface area contributed by atoms with Crippen LogP contribution in [0.4, 0.5) is 0 Å². The van der Waals surface area contributed by atoms with Gasteiger partial charge in [0.15, 0.2) is 11.1 Å². The minimum absolute atomic E-state index is 0.478. The molecule has 2 aromatic carbocycles. The molecule has 0 saturated carbocycles. The summed E-state index contributed by atoms with van der Waals surface area (Å²) in [6.07, 6.45) is 0.858. The van der Waals surface area contributed by atoms with Gasteiger partial charge in [-0.05, 0) is 40.8 Å². The molecule has 3 rings (SSSR count). The Balaban J connectivity index is 2.18. The second-order valence-corrected chi connectivity index (χ2v) is 4.87. The summed E-state index contributed by atoms with van der Waals surface area (Å²) in [6.45, 7) is 0. The van der Waals surface area contributed by atoms with Crippen molar-refractivity contribution in [3.05, 3.63) is 53.6 Å². The lowest BCUT2D eigenvalue weighted by molar-refractivity contribution is 0.564. The smallest absolute Gasteiger partial charge is 0.186 e. The van der Waals surface area contributed by atoms with Crippen LogP contribution < -0.4 is 0 Å². The molecule has 2 nitrogen and oxygen atoms in total. The highest BCUT2D eigenvalue weighted by Gasteiger charge is 2.18. The van der Waals surface area contributed by atoms with Crippen molar-refractivity contribution in [1.82, 2.24) is 0 Å². The van der Waals surface area contributed by atoms with E-state index in [9.17, 15) is 4.21 Å². The maximum atomic E-state index is 11.0. The van der Waals surface area contributed by atoms with Crippen molar-refractivity contribution < 1.29 is 8.76 Å². The zero-order valence-corrected chi connectivity index (χ0v) is 9.33. The average molecular weight is 230 g/mol. The van der Waals surface area contributed by atoms with Crippen molar-refractivity contribution in [2.75, 3.05) is 0 Å². The summed E-state index contributed by atoms with van der Waals surface area (Å²) in [4.78, 5) is 0.478. The topological polar surface area (TPSA) is 37.3 Å². The minimum Gasteiger partial charge on any atom is -0.302 e. The Hall–Kier alpha value is -1.45. The second kappa shape index (κ2) is 3.54. The molecule has 0 amide bonds. The number of hydrogen-bond acceptors (Lipinski definition) is 1. The van der Waals surface area contributed by atoms with E-state index < -0.39 is 11.1 Å². The standard InChI is InChI=1S/C13H10O2S/c14-16(15)11-5-6-13-10(8-11)7-9-3-1-2-4-12(9)13/h1-6,8H,7H2,(H,14,15). The first-order valence-electron chi connectivity index (χ1n) is 5.08. The molecule has 3 heteroatoms. The highest BCUT2D eigenvalue weighted by Crippen LogP contribution is 2.36. The summed E-state index contributed by atoms with van der Waals surface area (Å²) in [5, 5.41) is 0. The predicted octanol–water partition coefficient (Wildman–Crippen LogP) is 2.84. The van der Waals surface area contributed by atoms with Crippen molar-refractivity contribution in [3.63, 3.8) is 0 Å². The van der Waals surface area contributed by atoms with Crippen LogP contribution in [-0.2, 0) is 17.5 Å². The van der Waals surface area contributed by atoms with Gasteiger partial charge in [0, 0.05) is 0 Å². The molecule has 0 aliphatic heterocycles. The maximum absolute atomic E-state index is 11.0. The van der Waals surface area contributed by atoms with Crippen LogP contribution in [0.3, 0.4) is 0 Å². The first-order valence-corrected chi connectivity index (χ1v) is 6.18. The van der Waals surface area contributed by atoms with E-state index >= 15 is 0 Å². The van der Waals surface area contributed by atoms with Crippen LogP contribution in [0.1, 0.15) is 11.1 Å². The summed E-state index contributed by atoms with van der Waals surface area (Å²) >= 11 is -1.89. The zero-order chi connectivity index (χ0) is 11.1. The number of benzene rings is 2. The Bertz CT molecular complexity index is 590. The fourth-order valence-electron chi connectivity index (χ4n) is 2.23. The van der Waals surface area contributed by atoms with Gasteiger partial charge in [0.1, 0.15) is 0 Å². The molecule has 0 aromatic heterocycles. The third kappa shape index (κ3) is 1.40. The Kier molecular flexibility index (Phi) is 2.16. The molecule has 1 atom stereocenters. The Labute approximate surface area is 96.2 Å². The van der Waals surface area contributed by atoms with E-state index in [4.69, 9.17) is 4.55 Å². The van der Waals surface area contributed by atoms with Gasteiger partial charge >= 0.3 is 0 Å². The molecular weight excluding hydrogens is 220 g/mol. The first-order chi connectivity index (χ1) is 7.75. The van der Waals surface area contributed by atoms with Crippen LogP contribution in [0.2, 0.25) is 0 Å². The number of hydrogen-bond donors (Lipinski definition) is 1. The average Bonchev–Trinajstić information content (AvgIpc) is 2.66. The maximum Gasteiger partial charge on any atom is 0.186 e. The molecule has 0 fully saturated rings. The molecule has 1 N–H and O–H groups in total. The van der Waals surface area contributed by atoms with Crippen molar-refractivity contribution >= 4 is 11.1 Å². The largest absolute Gasteiger partial charge is 0.302 e. The predicted molar refractivity (Wildman–Crippen MR) is 63.7 cm³/mol. The Morgan fingerprint density at radius 1 is 1.00 bits per heavy atom. The van der Waals surface area contributed by atoms with Crippen LogP contribution in [0, 0.1) is 0 Å². The van der Waals surface area contributed by atoms with E-state index in [2.05, 4.69) is 12.1 Å². The van der Waals surface area contributed by atoms with E-state index in [1.54, 1.807) is 6.07 Å². The number of rotatable bonds is 1. The molecule has 0 radical (unpaired) electrons. The summed E-state index contributed by atoms with van der Waals surface area (Å²) < 4.78 is 20.0. The van der Waals surface area contributed by atoms with Gasteiger partial charge in [-0.1, -0.05) is 30.3 Å². The molecular formula is C13H10O2S. The van der Waals surface area contributed by atoms with Gasteiger partial charge in [0.2, 0.25) is 0 Å². The van der Waals surface area contributed by atoms with E-state index in [0.29, 0.717) is 4.90 Å². The SMILES string of the molecule is O=S(O)c1ccc2c(c1)Cc1ccccc1-2. The van der Waals surface area contributed by atoms with Gasteiger partial charge in [-0.25, -0.2) is 4.21 Å². The van der Waals surface area contributed by atoms with Crippen LogP contribution >= 0.6 is 0 Å². The lowest BCUT2D eigenvalue weighted by Crippen LogP contribution is -1.90.